The minimum absolute atomic E-state index is 0.0903. The minimum atomic E-state index is -3.96. The predicted octanol–water partition coefficient (Wildman–Crippen LogP) is 2.87. The molecule has 48 valence electrons. The topological polar surface area (TPSA) is 0 Å². The van der Waals surface area contributed by atoms with E-state index in [1.807, 2.05) is 0 Å². The van der Waals surface area contributed by atoms with Crippen molar-refractivity contribution in [2.75, 3.05) is 0 Å². The lowest BCUT2D eigenvalue weighted by molar-refractivity contribution is 0.110. The van der Waals surface area contributed by atoms with Gasteiger partial charge in [0.05, 0.1) is 0 Å². The van der Waals surface area contributed by atoms with E-state index in [2.05, 4.69) is 23.2 Å². The van der Waals surface area contributed by atoms with Crippen molar-refractivity contribution in [2.45, 2.75) is 5.38 Å². The summed E-state index contributed by atoms with van der Waals surface area (Å²) in [6.45, 7) is 0. The number of halogens is 5. The molecule has 0 amide bonds. The fourth-order valence-electron chi connectivity index (χ4n) is 0.0619. The van der Waals surface area contributed by atoms with Crippen LogP contribution in [0.5, 0.6) is 0 Å². The molecule has 0 aliphatic rings. The Morgan fingerprint density at radius 1 is 1.50 bits per heavy atom. The molecule has 0 saturated carbocycles. The third-order valence-electron chi connectivity index (χ3n) is 0.367. The number of alkyl halides is 3. The van der Waals surface area contributed by atoms with E-state index in [4.69, 9.17) is 0 Å². The maximum atomic E-state index is 11.5. The number of allylic oxidation sites excluding steroid dienone is 1. The first-order valence-electron chi connectivity index (χ1n) is 1.51. The Labute approximate surface area is 53.9 Å². The normalized spacial score (nSPS) is 14.4. The second-order valence-electron chi connectivity index (χ2n) is 0.955. The second-order valence-corrected chi connectivity index (χ2v) is 1.65. The third kappa shape index (κ3) is 2.43. The van der Waals surface area contributed by atoms with Crippen LogP contribution in [0.1, 0.15) is 0 Å². The Morgan fingerprint density at radius 2 is 1.88 bits per heavy atom. The molecule has 0 aliphatic heterocycles. The molecular formula is C3HCl2F3. The van der Waals surface area contributed by atoms with Gasteiger partial charge in [-0.05, 0) is 11.6 Å². The maximum absolute atomic E-state index is 11.5. The molecule has 0 atom stereocenters. The summed E-state index contributed by atoms with van der Waals surface area (Å²) in [6, 6.07) is 0. The standard InChI is InChI=1S/C3HCl2F3/c4-1-2(6)3(5,7)8/h1H/b2-1-. The van der Waals surface area contributed by atoms with Gasteiger partial charge in [0.2, 0.25) is 0 Å². The minimum Gasteiger partial charge on any atom is -0.203 e. The number of hydrogen-bond acceptors (Lipinski definition) is 0. The van der Waals surface area contributed by atoms with Gasteiger partial charge < -0.3 is 0 Å². The smallest absolute Gasteiger partial charge is 0.203 e. The summed E-state index contributed by atoms with van der Waals surface area (Å²) in [5.41, 5.74) is 0.0903. The molecule has 0 radical (unpaired) electrons. The average molecular weight is 165 g/mol. The molecule has 0 nitrogen and oxygen atoms in total. The first-order chi connectivity index (χ1) is 3.48. The molecule has 0 unspecified atom stereocenters. The maximum Gasteiger partial charge on any atom is 0.374 e. The predicted molar refractivity (Wildman–Crippen MR) is 25.8 cm³/mol. The molecule has 0 heterocycles. The van der Waals surface area contributed by atoms with E-state index in [0.29, 0.717) is 0 Å². The Bertz CT molecular complexity index is 104. The van der Waals surface area contributed by atoms with Crippen molar-refractivity contribution < 1.29 is 13.2 Å². The molecule has 8 heavy (non-hydrogen) atoms. The van der Waals surface area contributed by atoms with Crippen LogP contribution >= 0.6 is 23.2 Å². The van der Waals surface area contributed by atoms with Gasteiger partial charge in [0.25, 0.3) is 0 Å². The molecule has 0 fully saturated rings. The van der Waals surface area contributed by atoms with Crippen LogP contribution < -0.4 is 0 Å². The summed E-state index contributed by atoms with van der Waals surface area (Å²) >= 11 is 8.66. The van der Waals surface area contributed by atoms with Crippen molar-refractivity contribution >= 4 is 23.2 Å². The lowest BCUT2D eigenvalue weighted by atomic mass is 10.6. The number of rotatable bonds is 1. The van der Waals surface area contributed by atoms with Crippen LogP contribution in [0.25, 0.3) is 0 Å². The summed E-state index contributed by atoms with van der Waals surface area (Å²) in [6.07, 6.45) is 0. The van der Waals surface area contributed by atoms with Gasteiger partial charge in [0.15, 0.2) is 5.83 Å². The van der Waals surface area contributed by atoms with Crippen LogP contribution in [0.15, 0.2) is 11.4 Å². The van der Waals surface area contributed by atoms with Crippen molar-refractivity contribution in [1.29, 1.82) is 0 Å². The molecular weight excluding hydrogens is 164 g/mol. The van der Waals surface area contributed by atoms with E-state index in [1.165, 1.54) is 0 Å². The molecule has 0 aromatic rings. The highest BCUT2D eigenvalue weighted by molar-refractivity contribution is 6.28. The van der Waals surface area contributed by atoms with Crippen LogP contribution in [0.4, 0.5) is 13.2 Å². The van der Waals surface area contributed by atoms with Crippen LogP contribution in [0.3, 0.4) is 0 Å². The van der Waals surface area contributed by atoms with Crippen LogP contribution in [-0.2, 0) is 0 Å². The summed E-state index contributed by atoms with van der Waals surface area (Å²) in [5, 5.41) is -3.96. The molecule has 5 heteroatoms. The molecule has 0 saturated heterocycles. The quantitative estimate of drug-likeness (QED) is 0.524. The highest BCUT2D eigenvalue weighted by Gasteiger charge is 2.31. The largest absolute Gasteiger partial charge is 0.374 e. The van der Waals surface area contributed by atoms with Crippen LogP contribution in [0, 0.1) is 0 Å². The summed E-state index contributed by atoms with van der Waals surface area (Å²) in [7, 11) is 0. The van der Waals surface area contributed by atoms with Crippen LogP contribution in [-0.4, -0.2) is 5.38 Å². The zero-order chi connectivity index (χ0) is 6.78. The first kappa shape index (κ1) is 8.11. The van der Waals surface area contributed by atoms with Crippen molar-refractivity contribution in [2.24, 2.45) is 0 Å². The second kappa shape index (κ2) is 2.60. The first-order valence-corrected chi connectivity index (χ1v) is 2.33. The van der Waals surface area contributed by atoms with E-state index >= 15 is 0 Å². The van der Waals surface area contributed by atoms with Gasteiger partial charge in [-0.3, -0.25) is 0 Å². The van der Waals surface area contributed by atoms with Gasteiger partial charge >= 0.3 is 5.38 Å². The van der Waals surface area contributed by atoms with Gasteiger partial charge in [0.1, 0.15) is 0 Å². The Hall–Kier alpha value is 0.110. The Morgan fingerprint density at radius 3 is 1.88 bits per heavy atom. The summed E-state index contributed by atoms with van der Waals surface area (Å²) in [5.74, 6) is -1.85. The molecule has 0 bridgehead atoms. The van der Waals surface area contributed by atoms with Gasteiger partial charge in [-0.2, -0.15) is 8.78 Å². The van der Waals surface area contributed by atoms with Gasteiger partial charge in [-0.1, -0.05) is 11.6 Å². The highest BCUT2D eigenvalue weighted by Crippen LogP contribution is 2.29. The monoisotopic (exact) mass is 164 g/mol. The SMILES string of the molecule is F/C(=C\Cl)C(F)(F)Cl. The third-order valence-corrected chi connectivity index (χ3v) is 0.739. The summed E-state index contributed by atoms with van der Waals surface area (Å²) < 4.78 is 34.2. The molecule has 0 rings (SSSR count). The fraction of sp³-hybridized carbons (Fsp3) is 0.333. The molecule has 0 aromatic carbocycles. The zero-order valence-electron chi connectivity index (χ0n) is 3.47. The van der Waals surface area contributed by atoms with E-state index in [0.717, 1.165) is 0 Å². The zero-order valence-corrected chi connectivity index (χ0v) is 4.98. The van der Waals surface area contributed by atoms with Crippen molar-refractivity contribution in [3.63, 3.8) is 0 Å². The van der Waals surface area contributed by atoms with Gasteiger partial charge in [0, 0.05) is 5.54 Å². The lowest BCUT2D eigenvalue weighted by Crippen LogP contribution is -2.04. The van der Waals surface area contributed by atoms with Crippen molar-refractivity contribution in [3.05, 3.63) is 11.4 Å². The Balaban J connectivity index is 4.03. The van der Waals surface area contributed by atoms with Gasteiger partial charge in [-0.25, -0.2) is 4.39 Å². The van der Waals surface area contributed by atoms with Gasteiger partial charge in [-0.15, -0.1) is 0 Å². The molecule has 0 aliphatic carbocycles. The van der Waals surface area contributed by atoms with Crippen molar-refractivity contribution in [1.82, 2.24) is 0 Å². The average Bonchev–Trinajstić information content (AvgIpc) is 1.62. The molecule has 0 N–H and O–H groups in total. The van der Waals surface area contributed by atoms with Crippen molar-refractivity contribution in [3.8, 4) is 0 Å². The van der Waals surface area contributed by atoms with E-state index < -0.39 is 11.2 Å². The highest BCUT2D eigenvalue weighted by atomic mass is 35.5. The van der Waals surface area contributed by atoms with E-state index in [9.17, 15) is 13.2 Å². The van der Waals surface area contributed by atoms with E-state index in [1.54, 1.807) is 0 Å². The number of hydrogen-bond donors (Lipinski definition) is 0. The molecule has 0 spiro atoms. The Kier molecular flexibility index (Phi) is 2.63. The van der Waals surface area contributed by atoms with E-state index in [-0.39, 0.29) is 5.54 Å². The fourth-order valence-corrected chi connectivity index (χ4v) is 0.309. The molecule has 0 aromatic heterocycles. The lowest BCUT2D eigenvalue weighted by Gasteiger charge is -2.00. The summed E-state index contributed by atoms with van der Waals surface area (Å²) in [4.78, 5) is 0. The van der Waals surface area contributed by atoms with Crippen LogP contribution in [0.2, 0.25) is 0 Å².